The minimum atomic E-state index is -0.812. The van der Waals surface area contributed by atoms with Crippen LogP contribution in [0, 0.1) is 11.6 Å². The average molecular weight is 228 g/mol. The van der Waals surface area contributed by atoms with Gasteiger partial charge in [-0.05, 0) is 31.4 Å². The highest BCUT2D eigenvalue weighted by Crippen LogP contribution is 2.26. The van der Waals surface area contributed by atoms with E-state index in [-0.39, 0.29) is 6.04 Å². The summed E-state index contributed by atoms with van der Waals surface area (Å²) in [6.07, 6.45) is 1.41. The third kappa shape index (κ3) is 2.92. The number of rotatable bonds is 4. The molecule has 4 heteroatoms. The standard InChI is InChI=1S/C12H18F2N2/c1-8(15)4-5-9-6-7-10(13)11(14)12(9)16(2)3/h6-8H,4-5,15H2,1-3H3/t8-/m1/s1. The summed E-state index contributed by atoms with van der Waals surface area (Å²) in [5, 5.41) is 0. The fourth-order valence-corrected chi connectivity index (χ4v) is 1.65. The number of hydrogen-bond acceptors (Lipinski definition) is 2. The van der Waals surface area contributed by atoms with E-state index in [0.717, 1.165) is 12.0 Å². The number of aryl methyl sites for hydroxylation is 1. The topological polar surface area (TPSA) is 29.3 Å². The van der Waals surface area contributed by atoms with Crippen molar-refractivity contribution in [1.29, 1.82) is 0 Å². The molecular weight excluding hydrogens is 210 g/mol. The van der Waals surface area contributed by atoms with Gasteiger partial charge in [0.15, 0.2) is 11.6 Å². The highest BCUT2D eigenvalue weighted by molar-refractivity contribution is 5.54. The Morgan fingerprint density at radius 2 is 1.94 bits per heavy atom. The Balaban J connectivity index is 3.03. The molecule has 0 bridgehead atoms. The van der Waals surface area contributed by atoms with Gasteiger partial charge in [0.1, 0.15) is 0 Å². The molecule has 0 unspecified atom stereocenters. The monoisotopic (exact) mass is 228 g/mol. The van der Waals surface area contributed by atoms with Gasteiger partial charge in [0.05, 0.1) is 5.69 Å². The normalized spacial score (nSPS) is 12.6. The van der Waals surface area contributed by atoms with Crippen LogP contribution in [0.25, 0.3) is 0 Å². The Morgan fingerprint density at radius 1 is 1.31 bits per heavy atom. The van der Waals surface area contributed by atoms with Crippen molar-refractivity contribution in [2.24, 2.45) is 5.73 Å². The molecule has 0 spiro atoms. The van der Waals surface area contributed by atoms with Crippen LogP contribution in [0.2, 0.25) is 0 Å². The van der Waals surface area contributed by atoms with E-state index in [9.17, 15) is 8.78 Å². The summed E-state index contributed by atoms with van der Waals surface area (Å²) in [5.74, 6) is -1.60. The first kappa shape index (κ1) is 12.9. The molecule has 1 rings (SSSR count). The summed E-state index contributed by atoms with van der Waals surface area (Å²) in [6, 6.07) is 2.85. The molecule has 1 aromatic carbocycles. The fraction of sp³-hybridized carbons (Fsp3) is 0.500. The zero-order chi connectivity index (χ0) is 12.3. The van der Waals surface area contributed by atoms with Gasteiger partial charge in [-0.15, -0.1) is 0 Å². The van der Waals surface area contributed by atoms with E-state index in [2.05, 4.69) is 0 Å². The molecule has 0 saturated carbocycles. The van der Waals surface area contributed by atoms with Gasteiger partial charge in [0, 0.05) is 20.1 Å². The number of hydrogen-bond donors (Lipinski definition) is 1. The van der Waals surface area contributed by atoms with Crippen LogP contribution in [0.3, 0.4) is 0 Å². The first-order valence-corrected chi connectivity index (χ1v) is 5.33. The first-order chi connectivity index (χ1) is 7.43. The molecule has 1 atom stereocenters. The molecule has 0 fully saturated rings. The molecule has 0 heterocycles. The zero-order valence-corrected chi connectivity index (χ0v) is 9.93. The number of benzene rings is 1. The second kappa shape index (κ2) is 5.25. The van der Waals surface area contributed by atoms with E-state index in [4.69, 9.17) is 5.73 Å². The summed E-state index contributed by atoms with van der Waals surface area (Å²) in [4.78, 5) is 1.59. The zero-order valence-electron chi connectivity index (χ0n) is 9.93. The predicted molar refractivity (Wildman–Crippen MR) is 62.7 cm³/mol. The number of nitrogens with two attached hydrogens (primary N) is 1. The lowest BCUT2D eigenvalue weighted by Crippen LogP contribution is -2.18. The Hall–Kier alpha value is -1.16. The Labute approximate surface area is 95.1 Å². The van der Waals surface area contributed by atoms with Crippen LogP contribution in [0.4, 0.5) is 14.5 Å². The lowest BCUT2D eigenvalue weighted by atomic mass is 10.0. The van der Waals surface area contributed by atoms with Crippen molar-refractivity contribution in [2.75, 3.05) is 19.0 Å². The predicted octanol–water partition coefficient (Wildman–Crippen LogP) is 2.31. The van der Waals surface area contributed by atoms with E-state index >= 15 is 0 Å². The first-order valence-electron chi connectivity index (χ1n) is 5.33. The third-order valence-corrected chi connectivity index (χ3v) is 2.47. The molecule has 0 amide bonds. The molecule has 1 aromatic rings. The van der Waals surface area contributed by atoms with Gasteiger partial charge < -0.3 is 10.6 Å². The van der Waals surface area contributed by atoms with Crippen molar-refractivity contribution in [3.63, 3.8) is 0 Å². The van der Waals surface area contributed by atoms with Gasteiger partial charge in [0.25, 0.3) is 0 Å². The molecule has 2 N–H and O–H groups in total. The Morgan fingerprint density at radius 3 is 2.44 bits per heavy atom. The highest BCUT2D eigenvalue weighted by Gasteiger charge is 2.15. The Kier molecular flexibility index (Phi) is 4.24. The van der Waals surface area contributed by atoms with Crippen LogP contribution < -0.4 is 10.6 Å². The SMILES string of the molecule is C[C@@H](N)CCc1ccc(F)c(F)c1N(C)C. The van der Waals surface area contributed by atoms with E-state index < -0.39 is 11.6 Å². The number of halogens is 2. The second-order valence-electron chi connectivity index (χ2n) is 4.28. The molecule has 16 heavy (non-hydrogen) atoms. The van der Waals surface area contributed by atoms with E-state index in [1.165, 1.54) is 6.07 Å². The van der Waals surface area contributed by atoms with Crippen molar-refractivity contribution in [3.8, 4) is 0 Å². The van der Waals surface area contributed by atoms with Gasteiger partial charge >= 0.3 is 0 Å². The number of nitrogens with zero attached hydrogens (tertiary/aromatic N) is 1. The second-order valence-corrected chi connectivity index (χ2v) is 4.28. The molecule has 0 aromatic heterocycles. The quantitative estimate of drug-likeness (QED) is 0.856. The molecule has 0 saturated heterocycles. The van der Waals surface area contributed by atoms with Crippen molar-refractivity contribution in [1.82, 2.24) is 0 Å². The largest absolute Gasteiger partial charge is 0.375 e. The highest BCUT2D eigenvalue weighted by atomic mass is 19.2. The van der Waals surface area contributed by atoms with Crippen LogP contribution in [-0.2, 0) is 6.42 Å². The maximum atomic E-state index is 13.6. The number of anilines is 1. The van der Waals surface area contributed by atoms with Crippen LogP contribution in [0.15, 0.2) is 12.1 Å². The molecule has 0 aliphatic rings. The lowest BCUT2D eigenvalue weighted by Gasteiger charge is -2.19. The Bertz CT molecular complexity index is 362. The summed E-state index contributed by atoms with van der Waals surface area (Å²) < 4.78 is 26.7. The molecule has 90 valence electrons. The summed E-state index contributed by atoms with van der Waals surface area (Å²) in [5.41, 5.74) is 6.77. The van der Waals surface area contributed by atoms with Crippen LogP contribution in [0.1, 0.15) is 18.9 Å². The van der Waals surface area contributed by atoms with Crippen molar-refractivity contribution >= 4 is 5.69 Å². The van der Waals surface area contributed by atoms with Gasteiger partial charge in [-0.2, -0.15) is 0 Å². The maximum Gasteiger partial charge on any atom is 0.182 e. The summed E-state index contributed by atoms with van der Waals surface area (Å²) in [7, 11) is 3.40. The van der Waals surface area contributed by atoms with Gasteiger partial charge in [-0.25, -0.2) is 8.78 Å². The van der Waals surface area contributed by atoms with Crippen LogP contribution in [0.5, 0.6) is 0 Å². The molecule has 0 aliphatic heterocycles. The lowest BCUT2D eigenvalue weighted by molar-refractivity contribution is 0.506. The van der Waals surface area contributed by atoms with E-state index in [1.807, 2.05) is 6.92 Å². The van der Waals surface area contributed by atoms with Crippen molar-refractivity contribution < 1.29 is 8.78 Å². The van der Waals surface area contributed by atoms with Gasteiger partial charge in [-0.1, -0.05) is 6.07 Å². The molecule has 0 aliphatic carbocycles. The minimum Gasteiger partial charge on any atom is -0.375 e. The smallest absolute Gasteiger partial charge is 0.182 e. The van der Waals surface area contributed by atoms with E-state index in [1.54, 1.807) is 25.1 Å². The van der Waals surface area contributed by atoms with Crippen LogP contribution >= 0.6 is 0 Å². The minimum absolute atomic E-state index is 0.0585. The molecule has 0 radical (unpaired) electrons. The average Bonchev–Trinajstić information content (AvgIpc) is 2.19. The molecular formula is C12H18F2N2. The fourth-order valence-electron chi connectivity index (χ4n) is 1.65. The third-order valence-electron chi connectivity index (χ3n) is 2.47. The van der Waals surface area contributed by atoms with E-state index in [0.29, 0.717) is 12.1 Å². The van der Waals surface area contributed by atoms with Gasteiger partial charge in [-0.3, -0.25) is 0 Å². The summed E-state index contributed by atoms with van der Waals surface area (Å²) >= 11 is 0. The van der Waals surface area contributed by atoms with Crippen LogP contribution in [-0.4, -0.2) is 20.1 Å². The van der Waals surface area contributed by atoms with Crippen molar-refractivity contribution in [3.05, 3.63) is 29.3 Å². The summed E-state index contributed by atoms with van der Waals surface area (Å²) in [6.45, 7) is 1.90. The van der Waals surface area contributed by atoms with Gasteiger partial charge in [0.2, 0.25) is 0 Å². The molecule has 2 nitrogen and oxygen atoms in total. The van der Waals surface area contributed by atoms with Crippen molar-refractivity contribution in [2.45, 2.75) is 25.8 Å². The maximum absolute atomic E-state index is 13.6.